The van der Waals surface area contributed by atoms with E-state index in [0.717, 1.165) is 21.6 Å². The number of anilines is 1. The molecule has 0 saturated heterocycles. The molecule has 0 spiro atoms. The number of nitrogens with one attached hydrogen (secondary N) is 1. The number of hydrogen-bond acceptors (Lipinski definition) is 6. The van der Waals surface area contributed by atoms with E-state index in [1.807, 2.05) is 13.8 Å². The predicted octanol–water partition coefficient (Wildman–Crippen LogP) is 3.56. The van der Waals surface area contributed by atoms with Crippen LogP contribution in [0, 0.1) is 24.0 Å². The third-order valence-electron chi connectivity index (χ3n) is 4.74. The van der Waals surface area contributed by atoms with Crippen molar-refractivity contribution in [2.75, 3.05) is 10.8 Å². The zero-order valence-electron chi connectivity index (χ0n) is 18.0. The largest absolute Gasteiger partial charge is 0.278 e. The fourth-order valence-corrected chi connectivity index (χ4v) is 4.39. The molecule has 1 N–H and O–H groups in total. The van der Waals surface area contributed by atoms with Crippen LogP contribution in [0.15, 0.2) is 82.8 Å². The second kappa shape index (κ2) is 10.0. The molecular weight excluding hydrogens is 444 g/mol. The van der Waals surface area contributed by atoms with Gasteiger partial charge in [0.25, 0.3) is 21.6 Å². The van der Waals surface area contributed by atoms with Crippen LogP contribution >= 0.6 is 0 Å². The van der Waals surface area contributed by atoms with E-state index in [9.17, 15) is 23.3 Å². The van der Waals surface area contributed by atoms with Gasteiger partial charge in [-0.25, -0.2) is 13.8 Å². The number of benzene rings is 3. The lowest BCUT2D eigenvalue weighted by atomic mass is 10.2. The third-order valence-corrected chi connectivity index (χ3v) is 6.53. The van der Waals surface area contributed by atoms with E-state index in [4.69, 9.17) is 0 Å². The third kappa shape index (κ3) is 5.80. The summed E-state index contributed by atoms with van der Waals surface area (Å²) in [6.45, 7) is 3.18. The minimum atomic E-state index is -4.04. The van der Waals surface area contributed by atoms with Gasteiger partial charge in [-0.05, 0) is 44.2 Å². The molecule has 0 radical (unpaired) electrons. The number of nitro groups is 1. The smallest absolute Gasteiger partial charge is 0.271 e. The second-order valence-electron chi connectivity index (χ2n) is 7.27. The Bertz CT molecular complexity index is 1290. The number of para-hydroxylation sites is 1. The second-order valence-corrected chi connectivity index (χ2v) is 9.13. The van der Waals surface area contributed by atoms with E-state index in [2.05, 4.69) is 10.5 Å². The van der Waals surface area contributed by atoms with Gasteiger partial charge in [-0.2, -0.15) is 5.10 Å². The van der Waals surface area contributed by atoms with Crippen LogP contribution in [0.25, 0.3) is 0 Å². The van der Waals surface area contributed by atoms with E-state index in [0.29, 0.717) is 5.69 Å². The maximum absolute atomic E-state index is 13.3. The van der Waals surface area contributed by atoms with Crippen LogP contribution < -0.4 is 9.73 Å². The number of nitro benzene ring substituents is 1. The number of amides is 1. The predicted molar refractivity (Wildman–Crippen MR) is 126 cm³/mol. The van der Waals surface area contributed by atoms with E-state index >= 15 is 0 Å². The molecular formula is C23H22N4O5S. The van der Waals surface area contributed by atoms with Gasteiger partial charge < -0.3 is 0 Å². The summed E-state index contributed by atoms with van der Waals surface area (Å²) < 4.78 is 27.6. The van der Waals surface area contributed by atoms with Crippen LogP contribution in [-0.4, -0.2) is 32.0 Å². The maximum atomic E-state index is 13.3. The number of sulfonamides is 1. The Kier molecular flexibility index (Phi) is 7.19. The Morgan fingerprint density at radius 3 is 2.18 bits per heavy atom. The van der Waals surface area contributed by atoms with Crippen LogP contribution in [0.1, 0.15) is 16.7 Å². The van der Waals surface area contributed by atoms with E-state index in [-0.39, 0.29) is 16.1 Å². The zero-order valence-corrected chi connectivity index (χ0v) is 18.8. The van der Waals surface area contributed by atoms with Crippen molar-refractivity contribution in [1.29, 1.82) is 0 Å². The molecule has 0 bridgehead atoms. The summed E-state index contributed by atoms with van der Waals surface area (Å²) in [6, 6.07) is 19.0. The molecule has 3 aromatic rings. The lowest BCUT2D eigenvalue weighted by Gasteiger charge is -2.24. The zero-order chi connectivity index (χ0) is 24.0. The van der Waals surface area contributed by atoms with Gasteiger partial charge in [0, 0.05) is 6.07 Å². The Morgan fingerprint density at radius 1 is 1.00 bits per heavy atom. The lowest BCUT2D eigenvalue weighted by molar-refractivity contribution is -0.385. The highest BCUT2D eigenvalue weighted by Crippen LogP contribution is 2.24. The number of carbonyl (C=O) groups excluding carboxylic acids is 1. The summed E-state index contributed by atoms with van der Waals surface area (Å²) in [5, 5.41) is 14.9. The summed E-state index contributed by atoms with van der Waals surface area (Å²) in [5.41, 5.74) is 4.43. The maximum Gasteiger partial charge on any atom is 0.278 e. The molecule has 33 heavy (non-hydrogen) atoms. The summed E-state index contributed by atoms with van der Waals surface area (Å²) >= 11 is 0. The normalized spacial score (nSPS) is 11.3. The first-order valence-corrected chi connectivity index (χ1v) is 11.3. The van der Waals surface area contributed by atoms with Gasteiger partial charge in [0.15, 0.2) is 0 Å². The van der Waals surface area contributed by atoms with Crippen molar-refractivity contribution in [3.63, 3.8) is 0 Å². The first kappa shape index (κ1) is 23.6. The van der Waals surface area contributed by atoms with Gasteiger partial charge in [-0.15, -0.1) is 0 Å². The van der Waals surface area contributed by atoms with Gasteiger partial charge in [0.2, 0.25) is 0 Å². The number of hydrazone groups is 1. The molecule has 0 aromatic heterocycles. The Labute approximate surface area is 191 Å². The van der Waals surface area contributed by atoms with Gasteiger partial charge in [0.1, 0.15) is 6.54 Å². The van der Waals surface area contributed by atoms with Gasteiger partial charge in [-0.3, -0.25) is 19.2 Å². The minimum absolute atomic E-state index is 0.0462. The summed E-state index contributed by atoms with van der Waals surface area (Å²) in [5.74, 6) is -0.707. The monoisotopic (exact) mass is 466 g/mol. The molecule has 3 rings (SSSR count). The van der Waals surface area contributed by atoms with Crippen molar-refractivity contribution < 1.29 is 18.1 Å². The number of nitrogens with zero attached hydrogens (tertiary/aromatic N) is 3. The number of aryl methyl sites for hydroxylation is 2. The highest BCUT2D eigenvalue weighted by molar-refractivity contribution is 7.92. The molecule has 10 heteroatoms. The lowest BCUT2D eigenvalue weighted by Crippen LogP contribution is -2.39. The van der Waals surface area contributed by atoms with Crippen molar-refractivity contribution in [2.24, 2.45) is 5.10 Å². The average Bonchev–Trinajstić information content (AvgIpc) is 2.78. The molecule has 0 atom stereocenters. The quantitative estimate of drug-likeness (QED) is 0.309. The van der Waals surface area contributed by atoms with Crippen molar-refractivity contribution >= 4 is 33.5 Å². The molecule has 9 nitrogen and oxygen atoms in total. The topological polar surface area (TPSA) is 122 Å². The Morgan fingerprint density at radius 2 is 1.58 bits per heavy atom. The molecule has 0 heterocycles. The fourth-order valence-electron chi connectivity index (χ4n) is 2.97. The average molecular weight is 467 g/mol. The van der Waals surface area contributed by atoms with Crippen LogP contribution in [0.4, 0.5) is 11.4 Å². The molecule has 0 fully saturated rings. The highest BCUT2D eigenvalue weighted by atomic mass is 32.2. The summed E-state index contributed by atoms with van der Waals surface area (Å²) in [7, 11) is -4.04. The molecule has 3 aromatic carbocycles. The van der Waals surface area contributed by atoms with Crippen LogP contribution in [-0.2, 0) is 14.8 Å². The van der Waals surface area contributed by atoms with Crippen molar-refractivity contribution in [2.45, 2.75) is 18.7 Å². The SMILES string of the molecule is Cc1ccc(N(CC(=O)N/N=C\c2ccccc2[N+](=O)[O-])S(=O)(=O)c2ccc(C)cc2)cc1. The number of rotatable bonds is 8. The highest BCUT2D eigenvalue weighted by Gasteiger charge is 2.27. The van der Waals surface area contributed by atoms with Gasteiger partial charge in [0.05, 0.1) is 27.3 Å². The first-order valence-electron chi connectivity index (χ1n) is 9.90. The summed E-state index contributed by atoms with van der Waals surface area (Å²) in [6.07, 6.45) is 1.14. The Balaban J connectivity index is 1.85. The Hall–Kier alpha value is -4.05. The molecule has 0 aliphatic heterocycles. The van der Waals surface area contributed by atoms with Crippen LogP contribution in [0.2, 0.25) is 0 Å². The number of carbonyl (C=O) groups is 1. The minimum Gasteiger partial charge on any atom is -0.271 e. The molecule has 0 saturated carbocycles. The van der Waals surface area contributed by atoms with Crippen molar-refractivity contribution in [1.82, 2.24) is 5.43 Å². The van der Waals surface area contributed by atoms with E-state index in [1.165, 1.54) is 30.3 Å². The van der Waals surface area contributed by atoms with E-state index in [1.54, 1.807) is 42.5 Å². The molecule has 0 aliphatic carbocycles. The molecule has 1 amide bonds. The molecule has 0 unspecified atom stereocenters. The number of hydrogen-bond donors (Lipinski definition) is 1. The summed E-state index contributed by atoms with van der Waals surface area (Å²) in [4.78, 5) is 23.2. The van der Waals surface area contributed by atoms with Crippen LogP contribution in [0.5, 0.6) is 0 Å². The van der Waals surface area contributed by atoms with Gasteiger partial charge >= 0.3 is 0 Å². The standard InChI is InChI=1S/C23H22N4O5S/c1-17-7-11-20(12-8-17)26(33(31,32)21-13-9-18(2)10-14-21)16-23(28)25-24-15-19-5-3-4-6-22(19)27(29)30/h3-15H,16H2,1-2H3,(H,25,28)/b24-15-. The molecule has 0 aliphatic rings. The first-order chi connectivity index (χ1) is 15.7. The van der Waals surface area contributed by atoms with E-state index < -0.39 is 27.4 Å². The van der Waals surface area contributed by atoms with Crippen LogP contribution in [0.3, 0.4) is 0 Å². The molecule has 170 valence electrons. The van der Waals surface area contributed by atoms with Crippen molar-refractivity contribution in [3.05, 3.63) is 99.6 Å². The van der Waals surface area contributed by atoms with Gasteiger partial charge in [-0.1, -0.05) is 47.5 Å². The van der Waals surface area contributed by atoms with Crippen molar-refractivity contribution in [3.8, 4) is 0 Å². The fraction of sp³-hybridized carbons (Fsp3) is 0.130.